The molecule has 4 N–H and O–H groups in total. The zero-order valence-corrected chi connectivity index (χ0v) is 10.7. The molecule has 6 nitrogen and oxygen atoms in total. The fourth-order valence-corrected chi connectivity index (χ4v) is 2.09. The van der Waals surface area contributed by atoms with Crippen LogP contribution in [-0.2, 0) is 0 Å². The molecule has 1 fully saturated rings. The Balaban J connectivity index is 1.75. The number of nitrogen functional groups attached to an aromatic ring is 1. The van der Waals surface area contributed by atoms with Gasteiger partial charge in [-0.15, -0.1) is 0 Å². The topological polar surface area (TPSA) is 87.8 Å². The summed E-state index contributed by atoms with van der Waals surface area (Å²) in [6.45, 7) is 3.00. The van der Waals surface area contributed by atoms with Crippen molar-refractivity contribution in [3.05, 3.63) is 29.8 Å². The summed E-state index contributed by atoms with van der Waals surface area (Å²) in [5.41, 5.74) is 2.57. The highest BCUT2D eigenvalue weighted by atomic mass is 16.5. The van der Waals surface area contributed by atoms with Crippen LogP contribution in [0.2, 0.25) is 0 Å². The van der Waals surface area contributed by atoms with Crippen LogP contribution in [0.4, 0.5) is 0 Å². The molecule has 0 aliphatic carbocycles. The number of nitrogens with two attached hydrogens (primary N) is 1. The Morgan fingerprint density at radius 3 is 2.79 bits per heavy atom. The van der Waals surface area contributed by atoms with Crippen molar-refractivity contribution < 1.29 is 14.6 Å². The van der Waals surface area contributed by atoms with Gasteiger partial charge in [0.25, 0.3) is 5.91 Å². The maximum absolute atomic E-state index is 11.2. The van der Waals surface area contributed by atoms with Crippen LogP contribution in [0, 0.1) is 0 Å². The highest BCUT2D eigenvalue weighted by Gasteiger charge is 2.19. The Bertz CT molecular complexity index is 422. The highest BCUT2D eigenvalue weighted by Crippen LogP contribution is 2.13. The molecule has 1 heterocycles. The van der Waals surface area contributed by atoms with E-state index in [1.54, 1.807) is 24.3 Å². The number of likely N-dealkylation sites (tertiary alicyclic amines) is 1. The van der Waals surface area contributed by atoms with Crippen LogP contribution >= 0.6 is 0 Å². The maximum atomic E-state index is 11.2. The van der Waals surface area contributed by atoms with E-state index in [9.17, 15) is 9.90 Å². The molecular weight excluding hydrogens is 246 g/mol. The van der Waals surface area contributed by atoms with Crippen LogP contribution in [0.15, 0.2) is 24.3 Å². The number of aliphatic hydroxyl groups excluding tert-OH is 1. The number of ether oxygens (including phenoxy) is 1. The number of hydrogen-bond acceptors (Lipinski definition) is 5. The van der Waals surface area contributed by atoms with E-state index >= 15 is 0 Å². The third-order valence-electron chi connectivity index (χ3n) is 3.17. The zero-order valence-electron chi connectivity index (χ0n) is 10.7. The lowest BCUT2D eigenvalue weighted by Crippen LogP contribution is -2.29. The van der Waals surface area contributed by atoms with Crippen LogP contribution in [0.3, 0.4) is 0 Å². The Morgan fingerprint density at radius 2 is 2.21 bits per heavy atom. The number of β-amino-alcohol motifs (C(OH)–C–C–N with tert-alkyl or cyclic N) is 1. The quantitative estimate of drug-likeness (QED) is 0.388. The summed E-state index contributed by atoms with van der Waals surface area (Å²) in [6.07, 6.45) is 0.636. The summed E-state index contributed by atoms with van der Waals surface area (Å²) in [5, 5.41) is 9.39. The van der Waals surface area contributed by atoms with E-state index in [1.165, 1.54) is 0 Å². The summed E-state index contributed by atoms with van der Waals surface area (Å²) >= 11 is 0. The molecular formula is C13H19N3O3. The number of amides is 1. The summed E-state index contributed by atoms with van der Waals surface area (Å²) in [7, 11) is 0. The minimum absolute atomic E-state index is 0.200. The number of aliphatic hydroxyl groups is 1. The Morgan fingerprint density at radius 1 is 1.47 bits per heavy atom. The lowest BCUT2D eigenvalue weighted by molar-refractivity contribution is 0.0953. The first-order chi connectivity index (χ1) is 9.19. The number of rotatable bonds is 5. The Labute approximate surface area is 112 Å². The van der Waals surface area contributed by atoms with Gasteiger partial charge in [0.05, 0.1) is 6.10 Å². The second kappa shape index (κ2) is 6.51. The predicted molar refractivity (Wildman–Crippen MR) is 70.7 cm³/mol. The summed E-state index contributed by atoms with van der Waals surface area (Å²) in [5.74, 6) is 5.44. The minimum atomic E-state index is -0.322. The van der Waals surface area contributed by atoms with Crippen molar-refractivity contribution in [3.63, 3.8) is 0 Å². The lowest BCUT2D eigenvalue weighted by Gasteiger charge is -2.15. The smallest absolute Gasteiger partial charge is 0.265 e. The van der Waals surface area contributed by atoms with Gasteiger partial charge in [-0.2, -0.15) is 0 Å². The van der Waals surface area contributed by atoms with Crippen molar-refractivity contribution >= 4 is 5.91 Å². The molecule has 104 valence electrons. The molecule has 1 aromatic rings. The summed E-state index contributed by atoms with van der Waals surface area (Å²) < 4.78 is 5.59. The van der Waals surface area contributed by atoms with Gasteiger partial charge in [0.1, 0.15) is 12.4 Å². The minimum Gasteiger partial charge on any atom is -0.492 e. The number of carbonyl (C=O) groups is 1. The van der Waals surface area contributed by atoms with Gasteiger partial charge in [0.2, 0.25) is 0 Å². The van der Waals surface area contributed by atoms with E-state index in [0.717, 1.165) is 26.1 Å². The lowest BCUT2D eigenvalue weighted by atomic mass is 10.2. The summed E-state index contributed by atoms with van der Waals surface area (Å²) in [4.78, 5) is 13.4. The first kappa shape index (κ1) is 13.8. The van der Waals surface area contributed by atoms with Crippen molar-refractivity contribution in [2.45, 2.75) is 12.5 Å². The number of hydrazine groups is 1. The Kier molecular flexibility index (Phi) is 4.73. The third kappa shape index (κ3) is 3.92. The molecule has 0 bridgehead atoms. The largest absolute Gasteiger partial charge is 0.492 e. The molecule has 0 saturated carbocycles. The number of nitrogens with zero attached hydrogens (tertiary/aromatic N) is 1. The normalized spacial score (nSPS) is 19.4. The van der Waals surface area contributed by atoms with Gasteiger partial charge in [-0.3, -0.25) is 15.1 Å². The first-order valence-corrected chi connectivity index (χ1v) is 6.33. The van der Waals surface area contributed by atoms with E-state index in [4.69, 9.17) is 10.6 Å². The molecule has 1 amide bonds. The van der Waals surface area contributed by atoms with Gasteiger partial charge in [-0.1, -0.05) is 0 Å². The number of nitrogens with one attached hydrogen (secondary N) is 1. The van der Waals surface area contributed by atoms with E-state index in [0.29, 0.717) is 17.9 Å². The Hall–Kier alpha value is -1.63. The van der Waals surface area contributed by atoms with Crippen LogP contribution in [0.5, 0.6) is 5.75 Å². The van der Waals surface area contributed by atoms with E-state index in [2.05, 4.69) is 10.3 Å². The van der Waals surface area contributed by atoms with Gasteiger partial charge < -0.3 is 9.84 Å². The van der Waals surface area contributed by atoms with Crippen molar-refractivity contribution in [3.8, 4) is 5.75 Å². The van der Waals surface area contributed by atoms with Crippen molar-refractivity contribution in [1.82, 2.24) is 10.3 Å². The van der Waals surface area contributed by atoms with Gasteiger partial charge >= 0.3 is 0 Å². The van der Waals surface area contributed by atoms with Crippen LogP contribution in [0.25, 0.3) is 0 Å². The molecule has 1 unspecified atom stereocenters. The first-order valence-electron chi connectivity index (χ1n) is 6.33. The fourth-order valence-electron chi connectivity index (χ4n) is 2.09. The van der Waals surface area contributed by atoms with E-state index < -0.39 is 0 Å². The van der Waals surface area contributed by atoms with Crippen molar-refractivity contribution in [2.75, 3.05) is 26.2 Å². The molecule has 0 spiro atoms. The average molecular weight is 265 g/mol. The molecule has 1 aliphatic rings. The monoisotopic (exact) mass is 265 g/mol. The van der Waals surface area contributed by atoms with Crippen LogP contribution in [0.1, 0.15) is 16.8 Å². The molecule has 6 heteroatoms. The molecule has 1 aliphatic heterocycles. The fraction of sp³-hybridized carbons (Fsp3) is 0.462. The molecule has 19 heavy (non-hydrogen) atoms. The second-order valence-electron chi connectivity index (χ2n) is 4.59. The predicted octanol–water partition coefficient (Wildman–Crippen LogP) is -0.265. The van der Waals surface area contributed by atoms with Crippen molar-refractivity contribution in [2.24, 2.45) is 5.84 Å². The molecule has 1 aromatic carbocycles. The van der Waals surface area contributed by atoms with E-state index in [-0.39, 0.29) is 12.0 Å². The standard InChI is InChI=1S/C13H19N3O3/c14-15-13(18)10-1-3-12(4-2-10)19-8-7-16-6-5-11(17)9-16/h1-4,11,17H,5-9,14H2,(H,15,18). The number of carbonyl (C=O) groups excluding carboxylic acids is 1. The number of benzene rings is 1. The highest BCUT2D eigenvalue weighted by molar-refractivity contribution is 5.93. The maximum Gasteiger partial charge on any atom is 0.265 e. The van der Waals surface area contributed by atoms with Gasteiger partial charge in [-0.05, 0) is 30.7 Å². The van der Waals surface area contributed by atoms with Gasteiger partial charge in [0, 0.05) is 25.2 Å². The van der Waals surface area contributed by atoms with E-state index in [1.807, 2.05) is 0 Å². The van der Waals surface area contributed by atoms with Crippen molar-refractivity contribution in [1.29, 1.82) is 0 Å². The molecule has 0 radical (unpaired) electrons. The number of hydrogen-bond donors (Lipinski definition) is 3. The molecule has 0 aromatic heterocycles. The molecule has 1 atom stereocenters. The molecule has 2 rings (SSSR count). The van der Waals surface area contributed by atoms with Crippen LogP contribution in [-0.4, -0.2) is 48.3 Å². The zero-order chi connectivity index (χ0) is 13.7. The van der Waals surface area contributed by atoms with Gasteiger partial charge in [-0.25, -0.2) is 5.84 Å². The summed E-state index contributed by atoms with van der Waals surface area (Å²) in [6, 6.07) is 6.81. The second-order valence-corrected chi connectivity index (χ2v) is 4.59. The average Bonchev–Trinajstić information content (AvgIpc) is 2.84. The van der Waals surface area contributed by atoms with Crippen LogP contribution < -0.4 is 16.0 Å². The molecule has 1 saturated heterocycles. The third-order valence-corrected chi connectivity index (χ3v) is 3.17. The SMILES string of the molecule is NNC(=O)c1ccc(OCCN2CCC(O)C2)cc1. The van der Waals surface area contributed by atoms with Gasteiger partial charge in [0.15, 0.2) is 0 Å².